The fraction of sp³-hybridized carbons (Fsp3) is 0.294. The summed E-state index contributed by atoms with van der Waals surface area (Å²) < 4.78 is 11.0. The molecule has 1 unspecified atom stereocenters. The molecule has 0 spiro atoms. The van der Waals surface area contributed by atoms with E-state index in [2.05, 4.69) is 0 Å². The number of carbonyl (C=O) groups excluding carboxylic acids is 1. The minimum absolute atomic E-state index is 0.163. The fourth-order valence-corrected chi connectivity index (χ4v) is 3.41. The first-order valence-corrected chi connectivity index (χ1v) is 8.28. The van der Waals surface area contributed by atoms with Gasteiger partial charge in [-0.3, -0.25) is 4.79 Å². The third-order valence-electron chi connectivity index (χ3n) is 3.85. The lowest BCUT2D eigenvalue weighted by Crippen LogP contribution is -2.42. The highest BCUT2D eigenvalue weighted by Crippen LogP contribution is 2.27. The molecule has 0 radical (unpaired) electrons. The van der Waals surface area contributed by atoms with Crippen LogP contribution >= 0.6 is 11.3 Å². The van der Waals surface area contributed by atoms with Crippen molar-refractivity contribution < 1.29 is 24.2 Å². The normalized spacial score (nSPS) is 17.5. The molecule has 2 heterocycles. The third-order valence-corrected chi connectivity index (χ3v) is 4.91. The first-order chi connectivity index (χ1) is 11.6. The van der Waals surface area contributed by atoms with Crippen LogP contribution in [0, 0.1) is 0 Å². The highest BCUT2D eigenvalue weighted by molar-refractivity contribution is 7.15. The average Bonchev–Trinajstić information content (AvgIpc) is 3.11. The number of amides is 1. The quantitative estimate of drug-likeness (QED) is 0.920. The molecular formula is C17H17NO5S. The van der Waals surface area contributed by atoms with Gasteiger partial charge < -0.3 is 19.5 Å². The number of aromatic carboxylic acids is 1. The molecule has 1 aliphatic rings. The number of carboxylic acids is 1. The van der Waals surface area contributed by atoms with Crippen LogP contribution in [-0.4, -0.2) is 48.7 Å². The van der Waals surface area contributed by atoms with Crippen LogP contribution in [0.15, 0.2) is 36.4 Å². The van der Waals surface area contributed by atoms with Crippen LogP contribution in [0.1, 0.15) is 31.0 Å². The summed E-state index contributed by atoms with van der Waals surface area (Å²) in [4.78, 5) is 25.9. The second-order valence-corrected chi connectivity index (χ2v) is 6.44. The van der Waals surface area contributed by atoms with Crippen molar-refractivity contribution in [2.45, 2.75) is 6.10 Å². The zero-order chi connectivity index (χ0) is 17.1. The van der Waals surface area contributed by atoms with Gasteiger partial charge >= 0.3 is 5.97 Å². The molecule has 0 saturated carbocycles. The second kappa shape index (κ2) is 7.02. The van der Waals surface area contributed by atoms with Crippen molar-refractivity contribution in [1.29, 1.82) is 0 Å². The van der Waals surface area contributed by atoms with E-state index in [1.54, 1.807) is 18.1 Å². The Morgan fingerprint density at radius 1 is 1.29 bits per heavy atom. The molecule has 1 aliphatic heterocycles. The topological polar surface area (TPSA) is 76.1 Å². The van der Waals surface area contributed by atoms with E-state index in [1.165, 1.54) is 6.07 Å². The van der Waals surface area contributed by atoms with Crippen LogP contribution in [0.3, 0.4) is 0 Å². The van der Waals surface area contributed by atoms with E-state index in [0.717, 1.165) is 22.6 Å². The maximum Gasteiger partial charge on any atom is 0.345 e. The fourth-order valence-electron chi connectivity index (χ4n) is 2.60. The summed E-state index contributed by atoms with van der Waals surface area (Å²) in [6.07, 6.45) is -0.225. The summed E-state index contributed by atoms with van der Waals surface area (Å²) in [5.41, 5.74) is 0.948. The van der Waals surface area contributed by atoms with Gasteiger partial charge in [0.1, 0.15) is 16.7 Å². The summed E-state index contributed by atoms with van der Waals surface area (Å²) in [7, 11) is 1.60. The van der Waals surface area contributed by atoms with E-state index in [0.29, 0.717) is 24.6 Å². The molecule has 7 heteroatoms. The third kappa shape index (κ3) is 3.42. The Morgan fingerprint density at radius 3 is 2.79 bits per heavy atom. The van der Waals surface area contributed by atoms with Gasteiger partial charge in [-0.1, -0.05) is 12.1 Å². The molecule has 0 bridgehead atoms. The Morgan fingerprint density at radius 2 is 2.08 bits per heavy atom. The van der Waals surface area contributed by atoms with Gasteiger partial charge in [-0.15, -0.1) is 11.3 Å². The Balaban J connectivity index is 1.74. The lowest BCUT2D eigenvalue weighted by molar-refractivity contribution is -0.0227. The van der Waals surface area contributed by atoms with Gasteiger partial charge in [-0.05, 0) is 29.8 Å². The molecule has 1 N–H and O–H groups in total. The largest absolute Gasteiger partial charge is 0.497 e. The lowest BCUT2D eigenvalue weighted by atomic mass is 10.1. The van der Waals surface area contributed by atoms with E-state index in [9.17, 15) is 9.59 Å². The zero-order valence-electron chi connectivity index (χ0n) is 13.1. The molecule has 0 aliphatic carbocycles. The standard InChI is InChI=1S/C17H17NO5S/c1-22-12-4-2-3-11(9-12)13-10-18(7-8-23-13)16(19)14-5-6-15(24-14)17(20)21/h2-6,9,13H,7-8,10H2,1H3,(H,20,21). The van der Waals surface area contributed by atoms with Gasteiger partial charge in [0.2, 0.25) is 0 Å². The van der Waals surface area contributed by atoms with Crippen molar-refractivity contribution in [3.63, 3.8) is 0 Å². The first kappa shape index (κ1) is 16.5. The van der Waals surface area contributed by atoms with Crippen molar-refractivity contribution in [2.24, 2.45) is 0 Å². The number of rotatable bonds is 4. The second-order valence-electron chi connectivity index (χ2n) is 5.36. The van der Waals surface area contributed by atoms with Gasteiger partial charge in [0.25, 0.3) is 5.91 Å². The zero-order valence-corrected chi connectivity index (χ0v) is 13.9. The highest BCUT2D eigenvalue weighted by atomic mass is 32.1. The van der Waals surface area contributed by atoms with Gasteiger partial charge in [0, 0.05) is 6.54 Å². The van der Waals surface area contributed by atoms with E-state index in [4.69, 9.17) is 14.6 Å². The number of hydrogen-bond acceptors (Lipinski definition) is 5. The van der Waals surface area contributed by atoms with E-state index in [1.807, 2.05) is 24.3 Å². The molecule has 1 aromatic heterocycles. The molecule has 3 rings (SSSR count). The van der Waals surface area contributed by atoms with Crippen LogP contribution in [0.5, 0.6) is 5.75 Å². The number of carbonyl (C=O) groups is 2. The van der Waals surface area contributed by atoms with Crippen molar-refractivity contribution in [1.82, 2.24) is 4.90 Å². The van der Waals surface area contributed by atoms with Crippen molar-refractivity contribution in [3.05, 3.63) is 51.7 Å². The maximum atomic E-state index is 12.6. The minimum Gasteiger partial charge on any atom is -0.497 e. The predicted molar refractivity (Wildman–Crippen MR) is 88.9 cm³/mol. The van der Waals surface area contributed by atoms with E-state index < -0.39 is 5.97 Å². The van der Waals surface area contributed by atoms with Crippen LogP contribution in [-0.2, 0) is 4.74 Å². The SMILES string of the molecule is COc1cccc(C2CN(C(=O)c3ccc(C(=O)O)s3)CCO2)c1. The number of morpholine rings is 1. The monoisotopic (exact) mass is 347 g/mol. The van der Waals surface area contributed by atoms with Crippen molar-refractivity contribution >= 4 is 23.2 Å². The molecule has 24 heavy (non-hydrogen) atoms. The molecule has 1 fully saturated rings. The molecule has 6 nitrogen and oxygen atoms in total. The summed E-state index contributed by atoms with van der Waals surface area (Å²) >= 11 is 0.994. The number of carboxylic acid groups (broad SMARTS) is 1. The Kier molecular flexibility index (Phi) is 4.82. The van der Waals surface area contributed by atoms with Crippen molar-refractivity contribution in [2.75, 3.05) is 26.8 Å². The number of nitrogens with zero attached hydrogens (tertiary/aromatic N) is 1. The summed E-state index contributed by atoms with van der Waals surface area (Å²) in [5.74, 6) is -0.442. The molecule has 1 amide bonds. The molecular weight excluding hydrogens is 330 g/mol. The predicted octanol–water partition coefficient (Wildman–Crippen LogP) is 2.67. The Hall–Kier alpha value is -2.38. The van der Waals surface area contributed by atoms with E-state index >= 15 is 0 Å². The van der Waals surface area contributed by atoms with Gasteiger partial charge in [-0.25, -0.2) is 4.79 Å². The van der Waals surface area contributed by atoms with Gasteiger partial charge in [-0.2, -0.15) is 0 Å². The summed E-state index contributed by atoms with van der Waals surface area (Å²) in [6, 6.07) is 10.6. The summed E-state index contributed by atoms with van der Waals surface area (Å²) in [6.45, 7) is 1.34. The Bertz CT molecular complexity index is 757. The maximum absolute atomic E-state index is 12.6. The van der Waals surface area contributed by atoms with E-state index in [-0.39, 0.29) is 16.9 Å². The molecule has 126 valence electrons. The van der Waals surface area contributed by atoms with Crippen LogP contribution < -0.4 is 4.74 Å². The number of benzene rings is 1. The number of methoxy groups -OCH3 is 1. The minimum atomic E-state index is -1.02. The molecule has 1 atom stereocenters. The number of hydrogen-bond donors (Lipinski definition) is 1. The molecule has 1 saturated heterocycles. The van der Waals surface area contributed by atoms with Crippen molar-refractivity contribution in [3.8, 4) is 5.75 Å². The Labute approximate surface area is 143 Å². The number of ether oxygens (including phenoxy) is 2. The van der Waals surface area contributed by atoms with Crippen LogP contribution in [0.4, 0.5) is 0 Å². The number of thiophene rings is 1. The van der Waals surface area contributed by atoms with Crippen LogP contribution in [0.2, 0.25) is 0 Å². The highest BCUT2D eigenvalue weighted by Gasteiger charge is 2.27. The smallest absolute Gasteiger partial charge is 0.345 e. The molecule has 1 aromatic carbocycles. The van der Waals surface area contributed by atoms with Gasteiger partial charge in [0.05, 0.1) is 25.1 Å². The average molecular weight is 347 g/mol. The van der Waals surface area contributed by atoms with Gasteiger partial charge in [0.15, 0.2) is 0 Å². The first-order valence-electron chi connectivity index (χ1n) is 7.46. The van der Waals surface area contributed by atoms with Crippen LogP contribution in [0.25, 0.3) is 0 Å². The molecule has 2 aromatic rings. The lowest BCUT2D eigenvalue weighted by Gasteiger charge is -2.33. The summed E-state index contributed by atoms with van der Waals surface area (Å²) in [5, 5.41) is 8.98.